The van der Waals surface area contributed by atoms with Crippen molar-refractivity contribution in [1.29, 1.82) is 0 Å². The molecular weight excluding hydrogens is 264 g/mol. The number of nitrogens with zero attached hydrogens (tertiary/aromatic N) is 1. The van der Waals surface area contributed by atoms with Crippen LogP contribution in [0.1, 0.15) is 23.6 Å². The van der Waals surface area contributed by atoms with Gasteiger partial charge < -0.3 is 15.0 Å². The zero-order valence-electron chi connectivity index (χ0n) is 13.7. The van der Waals surface area contributed by atoms with Crippen LogP contribution in [0.5, 0.6) is 5.75 Å². The summed E-state index contributed by atoms with van der Waals surface area (Å²) in [5.74, 6) is 1.74. The van der Waals surface area contributed by atoms with Crippen molar-refractivity contribution >= 4 is 5.91 Å². The third kappa shape index (κ3) is 3.38. The van der Waals surface area contributed by atoms with Gasteiger partial charge in [-0.15, -0.1) is 0 Å². The SMILES string of the molecule is COc1c(C)cc(CN(C)C(=O)C(C)C2CNC2)cc1C. The summed E-state index contributed by atoms with van der Waals surface area (Å²) in [6, 6.07) is 4.20. The van der Waals surface area contributed by atoms with Crippen LogP contribution in [0.25, 0.3) is 0 Å². The lowest BCUT2D eigenvalue weighted by atomic mass is 9.88. The molecule has 1 aromatic carbocycles. The molecule has 0 bridgehead atoms. The van der Waals surface area contributed by atoms with E-state index in [-0.39, 0.29) is 11.8 Å². The number of nitrogens with one attached hydrogen (secondary N) is 1. The Labute approximate surface area is 127 Å². The van der Waals surface area contributed by atoms with Crippen molar-refractivity contribution in [2.75, 3.05) is 27.2 Å². The van der Waals surface area contributed by atoms with Gasteiger partial charge in [-0.1, -0.05) is 19.1 Å². The standard InChI is InChI=1S/C17H26N2O2/c1-11-6-14(7-12(2)16(11)21-5)10-19(4)17(20)13(3)15-8-18-9-15/h6-7,13,15,18H,8-10H2,1-5H3. The van der Waals surface area contributed by atoms with Crippen LogP contribution >= 0.6 is 0 Å². The second-order valence-corrected chi connectivity index (χ2v) is 6.16. The monoisotopic (exact) mass is 290 g/mol. The largest absolute Gasteiger partial charge is 0.496 e. The Kier molecular flexibility index (Phi) is 4.88. The number of carbonyl (C=O) groups is 1. The molecule has 1 saturated heterocycles. The molecular formula is C17H26N2O2. The van der Waals surface area contributed by atoms with Gasteiger partial charge in [-0.25, -0.2) is 0 Å². The van der Waals surface area contributed by atoms with Crippen LogP contribution in [-0.2, 0) is 11.3 Å². The second-order valence-electron chi connectivity index (χ2n) is 6.16. The third-order valence-corrected chi connectivity index (χ3v) is 4.43. The number of aryl methyl sites for hydroxylation is 2. The third-order valence-electron chi connectivity index (χ3n) is 4.43. The first-order valence-electron chi connectivity index (χ1n) is 7.53. The van der Waals surface area contributed by atoms with E-state index in [9.17, 15) is 4.79 Å². The highest BCUT2D eigenvalue weighted by molar-refractivity contribution is 5.78. The Balaban J connectivity index is 2.05. The lowest BCUT2D eigenvalue weighted by Crippen LogP contribution is -2.49. The highest BCUT2D eigenvalue weighted by Crippen LogP contribution is 2.25. The average molecular weight is 290 g/mol. The summed E-state index contributed by atoms with van der Waals surface area (Å²) in [5.41, 5.74) is 3.38. The molecule has 4 heteroatoms. The van der Waals surface area contributed by atoms with Crippen LogP contribution in [0.3, 0.4) is 0 Å². The molecule has 4 nitrogen and oxygen atoms in total. The minimum atomic E-state index is 0.0942. The van der Waals surface area contributed by atoms with Gasteiger partial charge in [0.25, 0.3) is 0 Å². The summed E-state index contributed by atoms with van der Waals surface area (Å²) in [4.78, 5) is 14.3. The van der Waals surface area contributed by atoms with Crippen molar-refractivity contribution in [3.63, 3.8) is 0 Å². The fourth-order valence-corrected chi connectivity index (χ4v) is 3.02. The fourth-order valence-electron chi connectivity index (χ4n) is 3.02. The van der Waals surface area contributed by atoms with E-state index in [0.29, 0.717) is 12.5 Å². The van der Waals surface area contributed by atoms with E-state index in [0.717, 1.165) is 35.5 Å². The Bertz CT molecular complexity index is 501. The molecule has 1 atom stereocenters. The molecule has 0 aromatic heterocycles. The van der Waals surface area contributed by atoms with Crippen LogP contribution in [0.2, 0.25) is 0 Å². The molecule has 1 heterocycles. The van der Waals surface area contributed by atoms with E-state index >= 15 is 0 Å². The van der Waals surface area contributed by atoms with Crippen molar-refractivity contribution in [3.8, 4) is 5.75 Å². The normalized spacial score (nSPS) is 16.2. The average Bonchev–Trinajstić information content (AvgIpc) is 2.35. The number of hydrogen-bond acceptors (Lipinski definition) is 3. The van der Waals surface area contributed by atoms with Crippen LogP contribution in [0, 0.1) is 25.7 Å². The van der Waals surface area contributed by atoms with E-state index < -0.39 is 0 Å². The predicted molar refractivity (Wildman–Crippen MR) is 84.5 cm³/mol. The number of ether oxygens (including phenoxy) is 1. The topological polar surface area (TPSA) is 41.6 Å². The van der Waals surface area contributed by atoms with Gasteiger partial charge in [-0.05, 0) is 49.5 Å². The Morgan fingerprint density at radius 3 is 2.38 bits per heavy atom. The number of methoxy groups -OCH3 is 1. The molecule has 1 aliphatic heterocycles. The van der Waals surface area contributed by atoms with Gasteiger partial charge in [0.05, 0.1) is 7.11 Å². The van der Waals surface area contributed by atoms with Crippen molar-refractivity contribution < 1.29 is 9.53 Å². The Hall–Kier alpha value is -1.55. The summed E-state index contributed by atoms with van der Waals surface area (Å²) in [5, 5.41) is 3.23. The predicted octanol–water partition coefficient (Wildman–Crippen LogP) is 2.13. The first-order valence-corrected chi connectivity index (χ1v) is 7.53. The van der Waals surface area contributed by atoms with E-state index in [1.165, 1.54) is 0 Å². The maximum Gasteiger partial charge on any atom is 0.225 e. The summed E-state index contributed by atoms with van der Waals surface area (Å²) in [7, 11) is 3.58. The van der Waals surface area contributed by atoms with Gasteiger partial charge in [-0.3, -0.25) is 4.79 Å². The zero-order chi connectivity index (χ0) is 15.6. The van der Waals surface area contributed by atoms with Crippen LogP contribution in [-0.4, -0.2) is 38.1 Å². The molecule has 1 aromatic rings. The lowest BCUT2D eigenvalue weighted by molar-refractivity contribution is -0.136. The molecule has 1 N–H and O–H groups in total. The summed E-state index contributed by atoms with van der Waals surface area (Å²) < 4.78 is 5.39. The van der Waals surface area contributed by atoms with E-state index in [2.05, 4.69) is 17.4 Å². The molecule has 0 radical (unpaired) electrons. The molecule has 1 amide bonds. The molecule has 0 spiro atoms. The number of benzene rings is 1. The first-order chi connectivity index (χ1) is 9.93. The van der Waals surface area contributed by atoms with Crippen LogP contribution in [0.4, 0.5) is 0 Å². The van der Waals surface area contributed by atoms with Crippen molar-refractivity contribution in [3.05, 3.63) is 28.8 Å². The van der Waals surface area contributed by atoms with Gasteiger partial charge in [0.2, 0.25) is 5.91 Å². The number of hydrogen-bond donors (Lipinski definition) is 1. The summed E-state index contributed by atoms with van der Waals surface area (Å²) in [6.45, 7) is 8.69. The van der Waals surface area contributed by atoms with Gasteiger partial charge >= 0.3 is 0 Å². The smallest absolute Gasteiger partial charge is 0.225 e. The minimum Gasteiger partial charge on any atom is -0.496 e. The highest BCUT2D eigenvalue weighted by atomic mass is 16.5. The summed E-state index contributed by atoms with van der Waals surface area (Å²) >= 11 is 0. The fraction of sp³-hybridized carbons (Fsp3) is 0.588. The van der Waals surface area contributed by atoms with E-state index in [4.69, 9.17) is 4.74 Å². The Morgan fingerprint density at radius 2 is 1.95 bits per heavy atom. The first kappa shape index (κ1) is 15.8. The highest BCUT2D eigenvalue weighted by Gasteiger charge is 2.30. The molecule has 0 saturated carbocycles. The van der Waals surface area contributed by atoms with E-state index in [1.807, 2.05) is 32.7 Å². The van der Waals surface area contributed by atoms with Crippen molar-refractivity contribution in [2.24, 2.45) is 11.8 Å². The van der Waals surface area contributed by atoms with Crippen molar-refractivity contribution in [1.82, 2.24) is 10.2 Å². The minimum absolute atomic E-state index is 0.0942. The molecule has 0 aliphatic carbocycles. The van der Waals surface area contributed by atoms with Gasteiger partial charge in [0.1, 0.15) is 5.75 Å². The molecule has 116 valence electrons. The van der Waals surface area contributed by atoms with Crippen LogP contribution < -0.4 is 10.1 Å². The number of amides is 1. The molecule has 21 heavy (non-hydrogen) atoms. The number of carbonyl (C=O) groups excluding carboxylic acids is 1. The van der Waals surface area contributed by atoms with Gasteiger partial charge in [0, 0.05) is 19.5 Å². The second kappa shape index (κ2) is 6.48. The molecule has 1 unspecified atom stereocenters. The molecule has 1 fully saturated rings. The van der Waals surface area contributed by atoms with Crippen LogP contribution in [0.15, 0.2) is 12.1 Å². The maximum absolute atomic E-state index is 12.4. The Morgan fingerprint density at radius 1 is 1.38 bits per heavy atom. The summed E-state index contributed by atoms with van der Waals surface area (Å²) in [6.07, 6.45) is 0. The van der Waals surface area contributed by atoms with Gasteiger partial charge in [0.15, 0.2) is 0 Å². The quantitative estimate of drug-likeness (QED) is 0.903. The maximum atomic E-state index is 12.4. The molecule has 1 aliphatic rings. The van der Waals surface area contributed by atoms with E-state index in [1.54, 1.807) is 7.11 Å². The lowest BCUT2D eigenvalue weighted by Gasteiger charge is -2.34. The van der Waals surface area contributed by atoms with Crippen molar-refractivity contribution in [2.45, 2.75) is 27.3 Å². The zero-order valence-corrected chi connectivity index (χ0v) is 13.7. The molecule has 2 rings (SSSR count). The van der Waals surface area contributed by atoms with Gasteiger partial charge in [-0.2, -0.15) is 0 Å². The number of rotatable bonds is 5.